The van der Waals surface area contributed by atoms with Gasteiger partial charge in [-0.2, -0.15) is 0 Å². The maximum Gasteiger partial charge on any atom is 0.339 e. The van der Waals surface area contributed by atoms with Gasteiger partial charge in [0.1, 0.15) is 0 Å². The Balaban J connectivity index is 1.85. The maximum absolute atomic E-state index is 13.2. The molecule has 3 N–H and O–H groups in total. The molecule has 6 nitrogen and oxygen atoms in total. The SMILES string of the molecule is COC(=O)c1ccccc1Nc1cccc2c1C(=O)c1cccc(N)c1C2=O. The second-order valence-electron chi connectivity index (χ2n) is 6.32. The van der Waals surface area contributed by atoms with Crippen molar-refractivity contribution in [1.29, 1.82) is 0 Å². The average Bonchev–Trinajstić information content (AvgIpc) is 2.71. The van der Waals surface area contributed by atoms with Crippen LogP contribution in [0.15, 0.2) is 60.7 Å². The molecule has 0 heterocycles. The summed E-state index contributed by atoms with van der Waals surface area (Å²) in [6.45, 7) is 0. The van der Waals surface area contributed by atoms with Crippen LogP contribution >= 0.6 is 0 Å². The number of fused-ring (bicyclic) bond motifs is 2. The van der Waals surface area contributed by atoms with Crippen molar-refractivity contribution < 1.29 is 19.1 Å². The highest BCUT2D eigenvalue weighted by Crippen LogP contribution is 2.35. The van der Waals surface area contributed by atoms with Gasteiger partial charge in [-0.3, -0.25) is 9.59 Å². The lowest BCUT2D eigenvalue weighted by molar-refractivity contribution is 0.0601. The first-order chi connectivity index (χ1) is 13.5. The fourth-order valence-corrected chi connectivity index (χ4v) is 3.40. The maximum atomic E-state index is 13.2. The first kappa shape index (κ1) is 17.5. The molecule has 0 spiro atoms. The largest absolute Gasteiger partial charge is 0.465 e. The van der Waals surface area contributed by atoms with Crippen LogP contribution in [0.25, 0.3) is 0 Å². The highest BCUT2D eigenvalue weighted by molar-refractivity contribution is 6.31. The summed E-state index contributed by atoms with van der Waals surface area (Å²) in [6.07, 6.45) is 0. The van der Waals surface area contributed by atoms with Crippen LogP contribution in [0.4, 0.5) is 17.1 Å². The van der Waals surface area contributed by atoms with Gasteiger partial charge in [0, 0.05) is 16.8 Å². The van der Waals surface area contributed by atoms with Crippen LogP contribution in [-0.4, -0.2) is 24.6 Å². The number of nitrogens with two attached hydrogens (primary N) is 1. The number of ether oxygens (including phenoxy) is 1. The van der Waals surface area contributed by atoms with Crippen LogP contribution in [0.5, 0.6) is 0 Å². The molecule has 3 aromatic rings. The Morgan fingerprint density at radius 1 is 0.821 bits per heavy atom. The van der Waals surface area contributed by atoms with Crippen molar-refractivity contribution in [3.63, 3.8) is 0 Å². The molecule has 138 valence electrons. The molecule has 0 radical (unpaired) electrons. The number of carbonyl (C=O) groups is 3. The van der Waals surface area contributed by atoms with Crippen LogP contribution in [0.3, 0.4) is 0 Å². The van der Waals surface area contributed by atoms with Crippen LogP contribution in [0.2, 0.25) is 0 Å². The third kappa shape index (κ3) is 2.63. The molecule has 0 unspecified atom stereocenters. The Morgan fingerprint density at radius 3 is 2.18 bits per heavy atom. The number of esters is 1. The van der Waals surface area contributed by atoms with E-state index >= 15 is 0 Å². The molecule has 0 atom stereocenters. The number of hydrogen-bond acceptors (Lipinski definition) is 6. The standard InChI is InChI=1S/C22H16N2O4/c1-28-22(27)12-6-2-3-10-16(12)24-17-11-5-8-14-19(17)21(26)13-7-4-9-15(23)18(13)20(14)25/h2-11,24H,23H2,1H3. The van der Waals surface area contributed by atoms with Crippen molar-refractivity contribution in [3.8, 4) is 0 Å². The molecule has 0 amide bonds. The Hall–Kier alpha value is -3.93. The molecule has 0 fully saturated rings. The zero-order valence-corrected chi connectivity index (χ0v) is 15.0. The van der Waals surface area contributed by atoms with E-state index in [9.17, 15) is 14.4 Å². The monoisotopic (exact) mass is 372 g/mol. The summed E-state index contributed by atoms with van der Waals surface area (Å²) in [6, 6.07) is 16.6. The molecule has 0 aliphatic heterocycles. The van der Waals surface area contributed by atoms with E-state index in [0.29, 0.717) is 16.9 Å². The molecule has 0 aromatic heterocycles. The molecule has 0 bridgehead atoms. The Kier molecular flexibility index (Phi) is 4.16. The van der Waals surface area contributed by atoms with Gasteiger partial charge in [0.25, 0.3) is 0 Å². The first-order valence-corrected chi connectivity index (χ1v) is 8.58. The molecule has 6 heteroatoms. The number of para-hydroxylation sites is 1. The third-order valence-corrected chi connectivity index (χ3v) is 4.71. The fourth-order valence-electron chi connectivity index (χ4n) is 3.40. The number of hydrogen-bond donors (Lipinski definition) is 2. The normalized spacial score (nSPS) is 12.2. The number of methoxy groups -OCH3 is 1. The van der Waals surface area contributed by atoms with Gasteiger partial charge in [-0.15, -0.1) is 0 Å². The molecule has 1 aliphatic rings. The Labute approximate surface area is 160 Å². The number of carbonyl (C=O) groups excluding carboxylic acids is 3. The second kappa shape index (κ2) is 6.66. The van der Waals surface area contributed by atoms with Gasteiger partial charge >= 0.3 is 5.97 Å². The van der Waals surface area contributed by atoms with Crippen LogP contribution in [0.1, 0.15) is 42.2 Å². The molecular formula is C22H16N2O4. The molecule has 0 saturated carbocycles. The number of nitrogen functional groups attached to an aromatic ring is 1. The van der Waals surface area contributed by atoms with Crippen molar-refractivity contribution in [2.75, 3.05) is 18.2 Å². The van der Waals surface area contributed by atoms with Gasteiger partial charge in [-0.05, 0) is 24.3 Å². The third-order valence-electron chi connectivity index (χ3n) is 4.71. The summed E-state index contributed by atoms with van der Waals surface area (Å²) in [5, 5.41) is 3.11. The Morgan fingerprint density at radius 2 is 1.43 bits per heavy atom. The van der Waals surface area contributed by atoms with Gasteiger partial charge < -0.3 is 15.8 Å². The van der Waals surface area contributed by atoms with Crippen LogP contribution < -0.4 is 11.1 Å². The molecule has 3 aromatic carbocycles. The summed E-state index contributed by atoms with van der Waals surface area (Å²) < 4.78 is 4.81. The molecular weight excluding hydrogens is 356 g/mol. The topological polar surface area (TPSA) is 98.5 Å². The van der Waals surface area contributed by atoms with Crippen molar-refractivity contribution in [1.82, 2.24) is 0 Å². The number of ketones is 2. The predicted octanol–water partition coefficient (Wildman–Crippen LogP) is 3.57. The summed E-state index contributed by atoms with van der Waals surface area (Å²) in [4.78, 5) is 38.2. The summed E-state index contributed by atoms with van der Waals surface area (Å²) in [5.74, 6) is -1.10. The average molecular weight is 372 g/mol. The van der Waals surface area contributed by atoms with Gasteiger partial charge in [-0.1, -0.05) is 36.4 Å². The number of anilines is 3. The summed E-state index contributed by atoms with van der Waals surface area (Å²) in [5.41, 5.74) is 8.47. The Bertz CT molecular complexity index is 1150. The van der Waals surface area contributed by atoms with Gasteiger partial charge in [0.2, 0.25) is 0 Å². The van der Waals surface area contributed by atoms with Crippen molar-refractivity contribution in [2.45, 2.75) is 0 Å². The summed E-state index contributed by atoms with van der Waals surface area (Å²) >= 11 is 0. The van der Waals surface area contributed by atoms with Crippen molar-refractivity contribution in [3.05, 3.63) is 88.5 Å². The second-order valence-corrected chi connectivity index (χ2v) is 6.32. The van der Waals surface area contributed by atoms with E-state index in [-0.39, 0.29) is 39.5 Å². The minimum atomic E-state index is -0.506. The number of nitrogens with one attached hydrogen (secondary N) is 1. The molecule has 1 aliphatic carbocycles. The van der Waals surface area contributed by atoms with Gasteiger partial charge in [0.05, 0.1) is 35.2 Å². The van der Waals surface area contributed by atoms with E-state index < -0.39 is 5.97 Å². The highest BCUT2D eigenvalue weighted by Gasteiger charge is 2.33. The van der Waals surface area contributed by atoms with Crippen molar-refractivity contribution in [2.24, 2.45) is 0 Å². The summed E-state index contributed by atoms with van der Waals surface area (Å²) in [7, 11) is 1.30. The minimum Gasteiger partial charge on any atom is -0.465 e. The quantitative estimate of drug-likeness (QED) is 0.421. The van der Waals surface area contributed by atoms with Crippen molar-refractivity contribution >= 4 is 34.6 Å². The zero-order valence-electron chi connectivity index (χ0n) is 15.0. The van der Waals surface area contributed by atoms with E-state index in [2.05, 4.69) is 5.32 Å². The lowest BCUT2D eigenvalue weighted by atomic mass is 9.82. The van der Waals surface area contributed by atoms with Gasteiger partial charge in [-0.25, -0.2) is 4.79 Å². The van der Waals surface area contributed by atoms with E-state index in [4.69, 9.17) is 10.5 Å². The smallest absolute Gasteiger partial charge is 0.339 e. The molecule has 28 heavy (non-hydrogen) atoms. The van der Waals surface area contributed by atoms with Crippen LogP contribution in [-0.2, 0) is 4.74 Å². The first-order valence-electron chi connectivity index (χ1n) is 8.58. The van der Waals surface area contributed by atoms with E-state index in [1.165, 1.54) is 7.11 Å². The number of benzene rings is 3. The highest BCUT2D eigenvalue weighted by atomic mass is 16.5. The predicted molar refractivity (Wildman–Crippen MR) is 105 cm³/mol. The lowest BCUT2D eigenvalue weighted by Crippen LogP contribution is -2.23. The van der Waals surface area contributed by atoms with E-state index in [0.717, 1.165) is 0 Å². The number of rotatable bonds is 3. The minimum absolute atomic E-state index is 0.229. The molecule has 0 saturated heterocycles. The van der Waals surface area contributed by atoms with Gasteiger partial charge in [0.15, 0.2) is 11.6 Å². The zero-order chi connectivity index (χ0) is 19.8. The van der Waals surface area contributed by atoms with E-state index in [1.54, 1.807) is 60.7 Å². The lowest BCUT2D eigenvalue weighted by Gasteiger charge is -2.22. The van der Waals surface area contributed by atoms with Crippen LogP contribution in [0, 0.1) is 0 Å². The molecule has 4 rings (SSSR count). The fraction of sp³-hybridized carbons (Fsp3) is 0.0455. The van der Waals surface area contributed by atoms with E-state index in [1.807, 2.05) is 0 Å².